The van der Waals surface area contributed by atoms with Gasteiger partial charge in [-0.1, -0.05) is 30.3 Å². The van der Waals surface area contributed by atoms with Gasteiger partial charge < -0.3 is 10.6 Å². The molecule has 2 atom stereocenters. The van der Waals surface area contributed by atoms with Crippen molar-refractivity contribution in [3.8, 4) is 0 Å². The van der Waals surface area contributed by atoms with E-state index in [0.717, 1.165) is 31.6 Å². The van der Waals surface area contributed by atoms with Crippen LogP contribution in [0.1, 0.15) is 30.1 Å². The maximum atomic E-state index is 12.3. The van der Waals surface area contributed by atoms with Gasteiger partial charge in [0.05, 0.1) is 0 Å². The summed E-state index contributed by atoms with van der Waals surface area (Å²) in [5.74, 6) is 0.848. The van der Waals surface area contributed by atoms with Gasteiger partial charge in [0.25, 0.3) is 0 Å². The van der Waals surface area contributed by atoms with E-state index in [2.05, 4.69) is 10.6 Å². The molecule has 2 N–H and O–H groups in total. The summed E-state index contributed by atoms with van der Waals surface area (Å²) in [4.78, 5) is 12.3. The van der Waals surface area contributed by atoms with Gasteiger partial charge in [-0.2, -0.15) is 0 Å². The molecular weight excluding hydrogens is 304 g/mol. The van der Waals surface area contributed by atoms with Crippen LogP contribution in [0.4, 0.5) is 0 Å². The van der Waals surface area contributed by atoms with E-state index in [1.165, 1.54) is 12.8 Å². The average Bonchev–Trinajstić information content (AvgIpc) is 2.50. The first-order chi connectivity index (χ1) is 9.81. The highest BCUT2D eigenvalue weighted by molar-refractivity contribution is 7.99. The highest BCUT2D eigenvalue weighted by Crippen LogP contribution is 2.26. The van der Waals surface area contributed by atoms with Gasteiger partial charge >= 0.3 is 0 Å². The SMILES string of the molecule is CSC(C(=O)NCCC1CCCNC1)c1ccccc1.Cl. The first-order valence-electron chi connectivity index (χ1n) is 7.37. The van der Waals surface area contributed by atoms with Crippen molar-refractivity contribution in [3.63, 3.8) is 0 Å². The lowest BCUT2D eigenvalue weighted by atomic mass is 9.96. The van der Waals surface area contributed by atoms with Crippen LogP contribution in [0.3, 0.4) is 0 Å². The van der Waals surface area contributed by atoms with Gasteiger partial charge in [0.1, 0.15) is 5.25 Å². The third kappa shape index (κ3) is 5.89. The molecule has 1 saturated heterocycles. The van der Waals surface area contributed by atoms with Crippen LogP contribution < -0.4 is 10.6 Å². The largest absolute Gasteiger partial charge is 0.355 e. The lowest BCUT2D eigenvalue weighted by Crippen LogP contribution is -2.34. The number of benzene rings is 1. The zero-order valence-corrected chi connectivity index (χ0v) is 14.1. The van der Waals surface area contributed by atoms with E-state index in [1.54, 1.807) is 11.8 Å². The summed E-state index contributed by atoms with van der Waals surface area (Å²) in [5.41, 5.74) is 1.08. The van der Waals surface area contributed by atoms with Crippen LogP contribution in [0.25, 0.3) is 0 Å². The lowest BCUT2D eigenvalue weighted by molar-refractivity contribution is -0.120. The minimum atomic E-state index is -0.0966. The third-order valence-corrected chi connectivity index (χ3v) is 4.78. The Labute approximate surface area is 138 Å². The van der Waals surface area contributed by atoms with E-state index in [9.17, 15) is 4.79 Å². The smallest absolute Gasteiger partial charge is 0.237 e. The van der Waals surface area contributed by atoms with Crippen molar-refractivity contribution in [1.29, 1.82) is 0 Å². The van der Waals surface area contributed by atoms with Gasteiger partial charge in [-0.25, -0.2) is 0 Å². The van der Waals surface area contributed by atoms with Gasteiger partial charge in [0.15, 0.2) is 0 Å². The van der Waals surface area contributed by atoms with Gasteiger partial charge in [-0.3, -0.25) is 4.79 Å². The normalized spacial score (nSPS) is 19.4. The minimum Gasteiger partial charge on any atom is -0.355 e. The van der Waals surface area contributed by atoms with E-state index < -0.39 is 0 Å². The average molecular weight is 329 g/mol. The van der Waals surface area contributed by atoms with Crippen LogP contribution in [0.5, 0.6) is 0 Å². The first-order valence-corrected chi connectivity index (χ1v) is 8.66. The molecule has 0 radical (unpaired) electrons. The summed E-state index contributed by atoms with van der Waals surface area (Å²) >= 11 is 1.59. The summed E-state index contributed by atoms with van der Waals surface area (Å²) in [6.45, 7) is 3.03. The molecule has 21 heavy (non-hydrogen) atoms. The Bertz CT molecular complexity index is 410. The molecule has 1 aromatic carbocycles. The van der Waals surface area contributed by atoms with Crippen LogP contribution in [-0.4, -0.2) is 31.8 Å². The number of amides is 1. The van der Waals surface area contributed by atoms with E-state index in [-0.39, 0.29) is 23.6 Å². The van der Waals surface area contributed by atoms with Gasteiger partial charge in [0, 0.05) is 6.54 Å². The molecule has 1 aromatic rings. The van der Waals surface area contributed by atoms with Gasteiger partial charge in [-0.15, -0.1) is 24.2 Å². The number of piperidine rings is 1. The van der Waals surface area contributed by atoms with Gasteiger partial charge in [-0.05, 0) is 50.1 Å². The van der Waals surface area contributed by atoms with Crippen molar-refractivity contribution in [1.82, 2.24) is 10.6 Å². The Hall–Kier alpha value is -0.710. The maximum absolute atomic E-state index is 12.3. The number of carbonyl (C=O) groups excluding carboxylic acids is 1. The molecule has 0 spiro atoms. The van der Waals surface area contributed by atoms with Crippen molar-refractivity contribution in [2.24, 2.45) is 5.92 Å². The highest BCUT2D eigenvalue weighted by Gasteiger charge is 2.19. The van der Waals surface area contributed by atoms with Crippen molar-refractivity contribution in [3.05, 3.63) is 35.9 Å². The van der Waals surface area contributed by atoms with Crippen molar-refractivity contribution in [2.75, 3.05) is 25.9 Å². The fourth-order valence-electron chi connectivity index (χ4n) is 2.68. The molecule has 0 saturated carbocycles. The fourth-order valence-corrected chi connectivity index (χ4v) is 3.41. The molecule has 0 bridgehead atoms. The molecule has 1 amide bonds. The second-order valence-electron chi connectivity index (χ2n) is 5.32. The number of halogens is 1. The molecule has 1 fully saturated rings. The molecule has 5 heteroatoms. The van der Waals surface area contributed by atoms with Crippen LogP contribution in [-0.2, 0) is 4.79 Å². The van der Waals surface area contributed by atoms with E-state index in [1.807, 2.05) is 36.6 Å². The predicted octanol–water partition coefficient (Wildman–Crippen LogP) is 3.02. The van der Waals surface area contributed by atoms with E-state index in [0.29, 0.717) is 5.92 Å². The van der Waals surface area contributed by atoms with Crippen LogP contribution in [0, 0.1) is 5.92 Å². The molecule has 1 aliphatic heterocycles. The molecule has 1 heterocycles. The van der Waals surface area contributed by atoms with Crippen LogP contribution >= 0.6 is 24.2 Å². The monoisotopic (exact) mass is 328 g/mol. The van der Waals surface area contributed by atoms with E-state index in [4.69, 9.17) is 0 Å². The number of nitrogens with one attached hydrogen (secondary N) is 2. The molecule has 1 aliphatic rings. The lowest BCUT2D eigenvalue weighted by Gasteiger charge is -2.23. The molecule has 2 rings (SSSR count). The fraction of sp³-hybridized carbons (Fsp3) is 0.562. The topological polar surface area (TPSA) is 41.1 Å². The highest BCUT2D eigenvalue weighted by atomic mass is 35.5. The first kappa shape index (κ1) is 18.3. The molecule has 2 unspecified atom stereocenters. The second kappa shape index (κ2) is 10.1. The molecule has 3 nitrogen and oxygen atoms in total. The quantitative estimate of drug-likeness (QED) is 0.843. The zero-order valence-electron chi connectivity index (χ0n) is 12.5. The van der Waals surface area contributed by atoms with E-state index >= 15 is 0 Å². The number of hydrogen-bond donors (Lipinski definition) is 2. The minimum absolute atomic E-state index is 0. The number of hydrogen-bond acceptors (Lipinski definition) is 3. The third-order valence-electron chi connectivity index (χ3n) is 3.83. The number of thioether (sulfide) groups is 1. The molecule has 0 aliphatic carbocycles. The second-order valence-corrected chi connectivity index (χ2v) is 6.26. The van der Waals surface area contributed by atoms with Gasteiger partial charge in [0.2, 0.25) is 5.91 Å². The summed E-state index contributed by atoms with van der Waals surface area (Å²) in [7, 11) is 0. The Balaban J connectivity index is 0.00000220. The van der Waals surface area contributed by atoms with Crippen LogP contribution in [0.15, 0.2) is 30.3 Å². The number of rotatable bonds is 6. The summed E-state index contributed by atoms with van der Waals surface area (Å²) < 4.78 is 0. The summed E-state index contributed by atoms with van der Waals surface area (Å²) in [6, 6.07) is 9.99. The Kier molecular flexibility index (Phi) is 8.81. The van der Waals surface area contributed by atoms with Crippen molar-refractivity contribution in [2.45, 2.75) is 24.5 Å². The predicted molar refractivity (Wildman–Crippen MR) is 93.2 cm³/mol. The molecule has 0 aromatic heterocycles. The summed E-state index contributed by atoms with van der Waals surface area (Å²) in [6.07, 6.45) is 5.61. The van der Waals surface area contributed by atoms with Crippen LogP contribution in [0.2, 0.25) is 0 Å². The van der Waals surface area contributed by atoms with Crippen molar-refractivity contribution >= 4 is 30.1 Å². The Morgan fingerprint density at radius 1 is 1.43 bits per heavy atom. The standard InChI is InChI=1S/C16H24N2OS.ClH/c1-20-15(14-7-3-2-4-8-14)16(19)18-11-9-13-6-5-10-17-12-13;/h2-4,7-8,13,15,17H,5-6,9-12H2,1H3,(H,18,19);1H. The molecular formula is C16H25ClN2OS. The van der Waals surface area contributed by atoms with Crippen molar-refractivity contribution < 1.29 is 4.79 Å². The molecule has 118 valence electrons. The summed E-state index contributed by atoms with van der Waals surface area (Å²) in [5, 5.41) is 6.41. The Morgan fingerprint density at radius 2 is 2.19 bits per heavy atom. The number of carbonyl (C=O) groups is 1. The zero-order chi connectivity index (χ0) is 14.2. The Morgan fingerprint density at radius 3 is 2.81 bits per heavy atom. The maximum Gasteiger partial charge on any atom is 0.237 e.